The van der Waals surface area contributed by atoms with Gasteiger partial charge < -0.3 is 14.8 Å². The maximum atomic E-state index is 9.64. The minimum Gasteiger partial charge on any atom is -0.489 e. The zero-order chi connectivity index (χ0) is 22.9. The summed E-state index contributed by atoms with van der Waals surface area (Å²) < 4.78 is 11.4. The van der Waals surface area contributed by atoms with Gasteiger partial charge in [0.15, 0.2) is 0 Å². The topological polar surface area (TPSA) is 132 Å². The number of nitrogens with one attached hydrogen (secondary N) is 3. The van der Waals surface area contributed by atoms with E-state index in [4.69, 9.17) is 15.3 Å². The molecular weight excluding hydrogens is 418 g/mol. The first kappa shape index (κ1) is 22.2. The van der Waals surface area contributed by atoms with Gasteiger partial charge in [-0.15, -0.1) is 0 Å². The van der Waals surface area contributed by atoms with Crippen LogP contribution in [-0.2, 0) is 11.3 Å². The van der Waals surface area contributed by atoms with Crippen molar-refractivity contribution in [3.8, 4) is 23.1 Å². The number of anilines is 2. The highest BCUT2D eigenvalue weighted by atomic mass is 16.5. The molecule has 9 heteroatoms. The normalized spacial score (nSPS) is 14.1. The molecule has 9 nitrogen and oxygen atoms in total. The molecule has 2 heterocycles. The summed E-state index contributed by atoms with van der Waals surface area (Å²) in [5.41, 5.74) is 6.43. The predicted molar refractivity (Wildman–Crippen MR) is 124 cm³/mol. The first-order valence-electron chi connectivity index (χ1n) is 10.7. The molecule has 4 rings (SSSR count). The van der Waals surface area contributed by atoms with Gasteiger partial charge in [-0.3, -0.25) is 4.99 Å². The summed E-state index contributed by atoms with van der Waals surface area (Å²) in [6.07, 6.45) is 5.00. The van der Waals surface area contributed by atoms with Crippen molar-refractivity contribution in [2.24, 2.45) is 5.84 Å². The van der Waals surface area contributed by atoms with Crippen molar-refractivity contribution in [2.45, 2.75) is 25.5 Å². The summed E-state index contributed by atoms with van der Waals surface area (Å²) >= 11 is 0. The SMILES string of the molecule is N#Cc1cc(-c2ccnc(Nc3ccc(C[NH+]=CNN)cc3)n2)ccc1OC1CCOCC1. The molecule has 1 aliphatic rings. The molecule has 1 saturated heterocycles. The lowest BCUT2D eigenvalue weighted by Gasteiger charge is -2.23. The molecule has 33 heavy (non-hydrogen) atoms. The Hall–Kier alpha value is -4.00. The average Bonchev–Trinajstić information content (AvgIpc) is 2.86. The monoisotopic (exact) mass is 444 g/mol. The number of ether oxygens (including phenoxy) is 2. The number of nitriles is 1. The third kappa shape index (κ3) is 6.04. The molecule has 0 atom stereocenters. The van der Waals surface area contributed by atoms with Crippen molar-refractivity contribution in [3.63, 3.8) is 0 Å². The highest BCUT2D eigenvalue weighted by Gasteiger charge is 2.17. The molecule has 0 spiro atoms. The molecule has 1 fully saturated rings. The highest BCUT2D eigenvalue weighted by Crippen LogP contribution is 2.28. The van der Waals surface area contributed by atoms with E-state index in [1.807, 2.05) is 42.5 Å². The van der Waals surface area contributed by atoms with Crippen LogP contribution in [0.3, 0.4) is 0 Å². The van der Waals surface area contributed by atoms with Crippen LogP contribution in [0.5, 0.6) is 5.75 Å². The van der Waals surface area contributed by atoms with Crippen molar-refractivity contribution < 1.29 is 14.5 Å². The fraction of sp³-hybridized carbons (Fsp3) is 0.250. The molecule has 168 valence electrons. The van der Waals surface area contributed by atoms with E-state index in [0.717, 1.165) is 29.7 Å². The number of nitrogens with zero attached hydrogens (tertiary/aromatic N) is 3. The van der Waals surface area contributed by atoms with Crippen LogP contribution in [0.15, 0.2) is 54.7 Å². The number of hydrogen-bond donors (Lipinski definition) is 4. The van der Waals surface area contributed by atoms with Crippen LogP contribution in [0.25, 0.3) is 11.3 Å². The second-order valence-electron chi connectivity index (χ2n) is 7.53. The number of rotatable bonds is 8. The van der Waals surface area contributed by atoms with E-state index in [1.54, 1.807) is 18.6 Å². The van der Waals surface area contributed by atoms with Crippen molar-refractivity contribution in [1.82, 2.24) is 15.4 Å². The van der Waals surface area contributed by atoms with Gasteiger partial charge in [-0.05, 0) is 42.0 Å². The Labute approximate surface area is 192 Å². The average molecular weight is 445 g/mol. The molecule has 0 unspecified atom stereocenters. The maximum absolute atomic E-state index is 9.64. The van der Waals surface area contributed by atoms with E-state index in [2.05, 4.69) is 31.8 Å². The molecule has 0 amide bonds. The Kier molecular flexibility index (Phi) is 7.43. The predicted octanol–water partition coefficient (Wildman–Crippen LogP) is 1.39. The third-order valence-corrected chi connectivity index (χ3v) is 5.21. The molecule has 0 aliphatic carbocycles. The van der Waals surface area contributed by atoms with Crippen LogP contribution < -0.4 is 26.3 Å². The van der Waals surface area contributed by atoms with Crippen LogP contribution in [0.1, 0.15) is 24.0 Å². The standard InChI is InChI=1S/C24H25N7O2/c25-14-19-13-18(3-6-23(19)33-21-8-11-32-12-9-21)22-7-10-28-24(31-22)30-20-4-1-17(2-5-20)15-27-16-29-26/h1-7,10,13,16,21H,8-9,11-12,15,26H2,(H,27,29)(H,28,30,31)/p+1. The van der Waals surface area contributed by atoms with Gasteiger partial charge in [-0.1, -0.05) is 12.1 Å². The fourth-order valence-electron chi connectivity index (χ4n) is 3.50. The van der Waals surface area contributed by atoms with Crippen molar-refractivity contribution in [2.75, 3.05) is 18.5 Å². The maximum Gasteiger partial charge on any atom is 0.248 e. The van der Waals surface area contributed by atoms with Crippen LogP contribution in [-0.4, -0.2) is 35.6 Å². The number of hydrogen-bond acceptors (Lipinski definition) is 7. The third-order valence-electron chi connectivity index (χ3n) is 5.21. The van der Waals surface area contributed by atoms with E-state index < -0.39 is 0 Å². The van der Waals surface area contributed by atoms with Gasteiger partial charge >= 0.3 is 0 Å². The number of aromatic nitrogens is 2. The summed E-state index contributed by atoms with van der Waals surface area (Å²) in [6, 6.07) is 17.5. The lowest BCUT2D eigenvalue weighted by Crippen LogP contribution is -2.70. The summed E-state index contributed by atoms with van der Waals surface area (Å²) in [5.74, 6) is 6.27. The molecular formula is C24H26N7O2+. The van der Waals surface area contributed by atoms with Gasteiger partial charge in [0, 0.05) is 30.3 Å². The summed E-state index contributed by atoms with van der Waals surface area (Å²) in [7, 11) is 0. The summed E-state index contributed by atoms with van der Waals surface area (Å²) in [6.45, 7) is 2.03. The molecule has 5 N–H and O–H groups in total. The lowest BCUT2D eigenvalue weighted by molar-refractivity contribution is -0.472. The van der Waals surface area contributed by atoms with Gasteiger partial charge in [-0.25, -0.2) is 15.4 Å². The van der Waals surface area contributed by atoms with Crippen LogP contribution in [0, 0.1) is 11.3 Å². The van der Waals surface area contributed by atoms with E-state index in [1.165, 1.54) is 0 Å². The minimum absolute atomic E-state index is 0.0733. The molecule has 1 aliphatic heterocycles. The number of benzene rings is 2. The number of hydrazine groups is 1. The second kappa shape index (κ2) is 11.0. The van der Waals surface area contributed by atoms with Gasteiger partial charge in [0.1, 0.15) is 24.5 Å². The molecule has 1 aromatic heterocycles. The summed E-state index contributed by atoms with van der Waals surface area (Å²) in [4.78, 5) is 12.0. The number of nitrogens with two attached hydrogens (primary N) is 1. The highest BCUT2D eigenvalue weighted by molar-refractivity contribution is 5.66. The van der Waals surface area contributed by atoms with Crippen molar-refractivity contribution >= 4 is 18.0 Å². The Morgan fingerprint density at radius 3 is 2.76 bits per heavy atom. The molecule has 3 aromatic rings. The molecule has 2 aromatic carbocycles. The van der Waals surface area contributed by atoms with E-state index in [9.17, 15) is 5.26 Å². The van der Waals surface area contributed by atoms with E-state index in [-0.39, 0.29) is 6.10 Å². The van der Waals surface area contributed by atoms with Gasteiger partial charge in [0.25, 0.3) is 0 Å². The van der Waals surface area contributed by atoms with Gasteiger partial charge in [0.05, 0.1) is 24.5 Å². The zero-order valence-corrected chi connectivity index (χ0v) is 18.1. The summed E-state index contributed by atoms with van der Waals surface area (Å²) in [5, 5.41) is 12.9. The van der Waals surface area contributed by atoms with Gasteiger partial charge in [0.2, 0.25) is 12.3 Å². The van der Waals surface area contributed by atoms with Crippen molar-refractivity contribution in [1.29, 1.82) is 5.26 Å². The zero-order valence-electron chi connectivity index (χ0n) is 18.1. The van der Waals surface area contributed by atoms with E-state index in [0.29, 0.717) is 42.7 Å². The minimum atomic E-state index is 0.0733. The Bertz CT molecular complexity index is 1140. The Morgan fingerprint density at radius 1 is 1.18 bits per heavy atom. The van der Waals surface area contributed by atoms with E-state index >= 15 is 0 Å². The Balaban J connectivity index is 1.47. The first-order valence-corrected chi connectivity index (χ1v) is 10.7. The molecule has 0 bridgehead atoms. The smallest absolute Gasteiger partial charge is 0.248 e. The largest absolute Gasteiger partial charge is 0.489 e. The lowest BCUT2D eigenvalue weighted by atomic mass is 10.1. The van der Waals surface area contributed by atoms with Crippen molar-refractivity contribution in [3.05, 3.63) is 65.9 Å². The van der Waals surface area contributed by atoms with Crippen LogP contribution >= 0.6 is 0 Å². The second-order valence-corrected chi connectivity index (χ2v) is 7.53. The van der Waals surface area contributed by atoms with Crippen LogP contribution in [0.4, 0.5) is 11.6 Å². The fourth-order valence-corrected chi connectivity index (χ4v) is 3.50. The molecule has 0 saturated carbocycles. The first-order chi connectivity index (χ1) is 16.2. The van der Waals surface area contributed by atoms with Crippen LogP contribution in [0.2, 0.25) is 0 Å². The molecule has 0 radical (unpaired) electrons. The van der Waals surface area contributed by atoms with Gasteiger partial charge in [-0.2, -0.15) is 11.1 Å². The quantitative estimate of drug-likeness (QED) is 0.177. The Morgan fingerprint density at radius 2 is 2.00 bits per heavy atom.